The first-order valence-corrected chi connectivity index (χ1v) is 9.16. The van der Waals surface area contributed by atoms with Gasteiger partial charge in [-0.2, -0.15) is 0 Å². The standard InChI is InChI=1S/C22H25N3O3/c1-14(18-9-5-7-16-8-6-12-23-21(16)18)24-15(2)22(26)25-19-13-17(27-3)10-11-20(19)28-4/h5-15,24H,1-4H3,(H,25,26). The van der Waals surface area contributed by atoms with Crippen molar-refractivity contribution in [2.45, 2.75) is 25.9 Å². The third-order valence-electron chi connectivity index (χ3n) is 4.69. The van der Waals surface area contributed by atoms with Crippen LogP contribution in [-0.4, -0.2) is 31.2 Å². The van der Waals surface area contributed by atoms with E-state index in [-0.39, 0.29) is 11.9 Å². The van der Waals surface area contributed by atoms with Gasteiger partial charge < -0.3 is 14.8 Å². The summed E-state index contributed by atoms with van der Waals surface area (Å²) in [4.78, 5) is 17.2. The number of amides is 1. The van der Waals surface area contributed by atoms with E-state index in [1.165, 1.54) is 0 Å². The minimum absolute atomic E-state index is 0.0495. The van der Waals surface area contributed by atoms with Gasteiger partial charge in [0.1, 0.15) is 11.5 Å². The first kappa shape index (κ1) is 19.6. The highest BCUT2D eigenvalue weighted by Crippen LogP contribution is 2.29. The summed E-state index contributed by atoms with van der Waals surface area (Å²) in [6.45, 7) is 3.86. The first-order valence-electron chi connectivity index (χ1n) is 9.16. The monoisotopic (exact) mass is 379 g/mol. The van der Waals surface area contributed by atoms with Crippen molar-refractivity contribution in [1.29, 1.82) is 0 Å². The Bertz CT molecular complexity index is 969. The summed E-state index contributed by atoms with van der Waals surface area (Å²) >= 11 is 0. The van der Waals surface area contributed by atoms with Gasteiger partial charge in [-0.25, -0.2) is 0 Å². The quantitative estimate of drug-likeness (QED) is 0.651. The molecular formula is C22H25N3O3. The number of nitrogens with one attached hydrogen (secondary N) is 2. The predicted molar refractivity (Wildman–Crippen MR) is 111 cm³/mol. The SMILES string of the molecule is COc1ccc(OC)c(NC(=O)C(C)NC(C)c2cccc3cccnc23)c1. The summed E-state index contributed by atoms with van der Waals surface area (Å²) in [6, 6.07) is 14.8. The van der Waals surface area contributed by atoms with Gasteiger partial charge in [-0.1, -0.05) is 24.3 Å². The van der Waals surface area contributed by atoms with Crippen LogP contribution in [0.15, 0.2) is 54.7 Å². The Kier molecular flexibility index (Phi) is 6.11. The average Bonchev–Trinajstić information content (AvgIpc) is 2.73. The number of rotatable bonds is 7. The predicted octanol–water partition coefficient (Wildman–Crippen LogP) is 3.93. The van der Waals surface area contributed by atoms with Gasteiger partial charge >= 0.3 is 0 Å². The highest BCUT2D eigenvalue weighted by atomic mass is 16.5. The van der Waals surface area contributed by atoms with E-state index in [2.05, 4.69) is 15.6 Å². The number of carbonyl (C=O) groups excluding carboxylic acids is 1. The van der Waals surface area contributed by atoms with Crippen molar-refractivity contribution in [3.63, 3.8) is 0 Å². The molecule has 146 valence electrons. The average molecular weight is 379 g/mol. The van der Waals surface area contributed by atoms with Crippen LogP contribution in [-0.2, 0) is 4.79 Å². The minimum atomic E-state index is -0.426. The van der Waals surface area contributed by atoms with Gasteiger partial charge in [0.15, 0.2) is 0 Å². The molecule has 2 N–H and O–H groups in total. The molecule has 1 aromatic heterocycles. The number of benzene rings is 2. The van der Waals surface area contributed by atoms with E-state index >= 15 is 0 Å². The molecule has 1 heterocycles. The summed E-state index contributed by atoms with van der Waals surface area (Å²) in [5, 5.41) is 7.33. The van der Waals surface area contributed by atoms with Crippen LogP contribution in [0.1, 0.15) is 25.5 Å². The number of pyridine rings is 1. The van der Waals surface area contributed by atoms with Crippen molar-refractivity contribution in [2.24, 2.45) is 0 Å². The summed E-state index contributed by atoms with van der Waals surface area (Å²) in [5.41, 5.74) is 2.56. The summed E-state index contributed by atoms with van der Waals surface area (Å²) in [5.74, 6) is 1.06. The number of fused-ring (bicyclic) bond motifs is 1. The summed E-state index contributed by atoms with van der Waals surface area (Å²) < 4.78 is 10.6. The Balaban J connectivity index is 1.74. The number of aromatic nitrogens is 1. The Morgan fingerprint density at radius 1 is 1.04 bits per heavy atom. The lowest BCUT2D eigenvalue weighted by Gasteiger charge is -2.21. The third-order valence-corrected chi connectivity index (χ3v) is 4.69. The van der Waals surface area contributed by atoms with E-state index < -0.39 is 6.04 Å². The molecule has 0 spiro atoms. The molecule has 2 unspecified atom stereocenters. The van der Waals surface area contributed by atoms with Crippen molar-refractivity contribution in [1.82, 2.24) is 10.3 Å². The molecule has 6 nitrogen and oxygen atoms in total. The number of nitrogens with zero attached hydrogens (tertiary/aromatic N) is 1. The molecule has 0 fully saturated rings. The van der Waals surface area contributed by atoms with Crippen LogP contribution >= 0.6 is 0 Å². The maximum absolute atomic E-state index is 12.7. The van der Waals surface area contributed by atoms with E-state index in [9.17, 15) is 4.79 Å². The molecule has 0 radical (unpaired) electrons. The van der Waals surface area contributed by atoms with Crippen LogP contribution in [0.4, 0.5) is 5.69 Å². The van der Waals surface area contributed by atoms with Crippen LogP contribution in [0.3, 0.4) is 0 Å². The third kappa shape index (κ3) is 4.23. The van der Waals surface area contributed by atoms with Crippen molar-refractivity contribution in [2.75, 3.05) is 19.5 Å². The van der Waals surface area contributed by atoms with E-state index in [1.807, 2.05) is 44.2 Å². The Hall–Kier alpha value is -3.12. The highest BCUT2D eigenvalue weighted by molar-refractivity contribution is 5.96. The van der Waals surface area contributed by atoms with Crippen molar-refractivity contribution in [3.8, 4) is 11.5 Å². The van der Waals surface area contributed by atoms with Crippen LogP contribution < -0.4 is 20.1 Å². The molecule has 0 bridgehead atoms. The van der Waals surface area contributed by atoms with Crippen molar-refractivity contribution < 1.29 is 14.3 Å². The molecule has 2 aromatic carbocycles. The molecule has 0 aliphatic rings. The van der Waals surface area contributed by atoms with Gasteiger partial charge in [0.25, 0.3) is 0 Å². The molecule has 6 heteroatoms. The number of hydrogen-bond donors (Lipinski definition) is 2. The second kappa shape index (κ2) is 8.71. The lowest BCUT2D eigenvalue weighted by Crippen LogP contribution is -2.39. The van der Waals surface area contributed by atoms with Gasteiger partial charge in [0.05, 0.1) is 31.5 Å². The van der Waals surface area contributed by atoms with Crippen molar-refractivity contribution in [3.05, 3.63) is 60.3 Å². The summed E-state index contributed by atoms with van der Waals surface area (Å²) in [6.07, 6.45) is 1.78. The lowest BCUT2D eigenvalue weighted by atomic mass is 10.0. The maximum Gasteiger partial charge on any atom is 0.241 e. The van der Waals surface area contributed by atoms with E-state index in [1.54, 1.807) is 38.6 Å². The molecule has 0 saturated heterocycles. The largest absolute Gasteiger partial charge is 0.497 e. The van der Waals surface area contributed by atoms with Crippen LogP contribution in [0.2, 0.25) is 0 Å². The molecule has 0 saturated carbocycles. The summed E-state index contributed by atoms with van der Waals surface area (Å²) in [7, 11) is 3.15. The van der Waals surface area contributed by atoms with E-state index in [0.717, 1.165) is 16.5 Å². The number of anilines is 1. The fourth-order valence-corrected chi connectivity index (χ4v) is 3.17. The highest BCUT2D eigenvalue weighted by Gasteiger charge is 2.19. The maximum atomic E-state index is 12.7. The Labute approximate surface area is 164 Å². The van der Waals surface area contributed by atoms with Gasteiger partial charge in [-0.15, -0.1) is 0 Å². The molecule has 0 aliphatic heterocycles. The fraction of sp³-hybridized carbons (Fsp3) is 0.273. The smallest absolute Gasteiger partial charge is 0.241 e. The molecule has 1 amide bonds. The minimum Gasteiger partial charge on any atom is -0.497 e. The van der Waals surface area contributed by atoms with E-state index in [0.29, 0.717) is 17.2 Å². The molecule has 3 aromatic rings. The van der Waals surface area contributed by atoms with Crippen LogP contribution in [0.25, 0.3) is 10.9 Å². The lowest BCUT2D eigenvalue weighted by molar-refractivity contribution is -0.117. The van der Waals surface area contributed by atoms with Gasteiger partial charge in [-0.3, -0.25) is 15.1 Å². The zero-order chi connectivity index (χ0) is 20.1. The van der Waals surface area contributed by atoms with Gasteiger partial charge in [0.2, 0.25) is 5.91 Å². The molecule has 3 rings (SSSR count). The number of ether oxygens (including phenoxy) is 2. The molecule has 28 heavy (non-hydrogen) atoms. The van der Waals surface area contributed by atoms with E-state index in [4.69, 9.17) is 9.47 Å². The fourth-order valence-electron chi connectivity index (χ4n) is 3.17. The zero-order valence-corrected chi connectivity index (χ0v) is 16.5. The number of hydrogen-bond acceptors (Lipinski definition) is 5. The molecular weight excluding hydrogens is 354 g/mol. The van der Waals surface area contributed by atoms with Gasteiger partial charge in [-0.05, 0) is 37.6 Å². The second-order valence-corrected chi connectivity index (χ2v) is 6.59. The Morgan fingerprint density at radius 3 is 2.57 bits per heavy atom. The number of carbonyl (C=O) groups is 1. The van der Waals surface area contributed by atoms with Crippen molar-refractivity contribution >= 4 is 22.5 Å². The zero-order valence-electron chi connectivity index (χ0n) is 16.5. The molecule has 2 atom stereocenters. The number of para-hydroxylation sites is 1. The Morgan fingerprint density at radius 2 is 1.82 bits per heavy atom. The van der Waals surface area contributed by atoms with Crippen LogP contribution in [0.5, 0.6) is 11.5 Å². The number of methoxy groups -OCH3 is 2. The topological polar surface area (TPSA) is 72.5 Å². The van der Waals surface area contributed by atoms with Gasteiger partial charge in [0, 0.05) is 23.7 Å². The second-order valence-electron chi connectivity index (χ2n) is 6.59. The van der Waals surface area contributed by atoms with Crippen LogP contribution in [0, 0.1) is 0 Å². The normalized spacial score (nSPS) is 13.0. The molecule has 0 aliphatic carbocycles. The first-order chi connectivity index (χ1) is 13.5.